The topological polar surface area (TPSA) is 0 Å². The summed E-state index contributed by atoms with van der Waals surface area (Å²) in [5.74, 6) is 0.667. The van der Waals surface area contributed by atoms with Crippen molar-refractivity contribution in [1.82, 2.24) is 0 Å². The van der Waals surface area contributed by atoms with Crippen LogP contribution in [-0.4, -0.2) is 0 Å². The molecule has 0 rings (SSSR count). The van der Waals surface area contributed by atoms with Crippen molar-refractivity contribution in [3.05, 3.63) is 12.7 Å². The largest absolute Gasteiger partial charge is 0.0814 e. The first-order chi connectivity index (χ1) is 4.35. The van der Waals surface area contributed by atoms with Crippen LogP contribution in [0, 0.1) is 12.5 Å². The molecule has 0 aliphatic rings. The summed E-state index contributed by atoms with van der Waals surface area (Å²) in [7, 11) is 0. The van der Waals surface area contributed by atoms with Crippen LogP contribution in [0.3, 0.4) is 0 Å². The molecule has 0 saturated carbocycles. The monoisotopic (exact) mass is 125 g/mol. The Balaban J connectivity index is 3.29. The van der Waals surface area contributed by atoms with Crippen LogP contribution < -0.4 is 0 Å². The standard InChI is InChI=1S/C9H17/c1-4-7-9(6-3)8-5-2/h3,6,9H,4-5,7-8H2,1-2H3. The average molecular weight is 125 g/mol. The fourth-order valence-corrected chi connectivity index (χ4v) is 1.08. The van der Waals surface area contributed by atoms with E-state index >= 15 is 0 Å². The van der Waals surface area contributed by atoms with E-state index < -0.39 is 0 Å². The van der Waals surface area contributed by atoms with Crippen molar-refractivity contribution in [2.24, 2.45) is 5.92 Å². The van der Waals surface area contributed by atoms with Crippen molar-refractivity contribution in [2.75, 3.05) is 0 Å². The van der Waals surface area contributed by atoms with Gasteiger partial charge in [0, 0.05) is 0 Å². The van der Waals surface area contributed by atoms with Crippen LogP contribution in [0.5, 0.6) is 0 Å². The number of rotatable bonds is 5. The van der Waals surface area contributed by atoms with E-state index in [1.165, 1.54) is 25.7 Å². The molecule has 0 N–H and O–H groups in total. The molecule has 53 valence electrons. The maximum atomic E-state index is 5.42. The first-order valence-corrected chi connectivity index (χ1v) is 3.90. The smallest absolute Gasteiger partial charge is 0.0231 e. The third-order valence-corrected chi connectivity index (χ3v) is 1.59. The lowest BCUT2D eigenvalue weighted by Crippen LogP contribution is -1.93. The van der Waals surface area contributed by atoms with Gasteiger partial charge in [0.2, 0.25) is 0 Å². The summed E-state index contributed by atoms with van der Waals surface area (Å²) >= 11 is 0. The van der Waals surface area contributed by atoms with Crippen LogP contribution >= 0.6 is 0 Å². The highest BCUT2D eigenvalue weighted by molar-refractivity contribution is 4.74. The third-order valence-electron chi connectivity index (χ3n) is 1.59. The van der Waals surface area contributed by atoms with Gasteiger partial charge in [0.1, 0.15) is 0 Å². The Labute approximate surface area is 59.0 Å². The predicted molar refractivity (Wildman–Crippen MR) is 42.2 cm³/mol. The summed E-state index contributed by atoms with van der Waals surface area (Å²) in [6, 6.07) is 0. The summed E-state index contributed by atoms with van der Waals surface area (Å²) in [5, 5.41) is 0. The molecule has 0 aliphatic heterocycles. The minimum absolute atomic E-state index is 0.667. The lowest BCUT2D eigenvalue weighted by molar-refractivity contribution is 0.530. The fraction of sp³-hybridized carbons (Fsp3) is 0.778. The molecule has 0 heterocycles. The Morgan fingerprint density at radius 1 is 1.22 bits per heavy atom. The molecule has 0 aromatic heterocycles. The molecule has 0 aliphatic carbocycles. The third kappa shape index (κ3) is 4.26. The Morgan fingerprint density at radius 2 is 1.67 bits per heavy atom. The average Bonchev–Trinajstić information content (AvgIpc) is 1.88. The SMILES string of the molecule is [CH]=CC(CCC)CCC. The van der Waals surface area contributed by atoms with Gasteiger partial charge in [-0.05, 0) is 18.8 Å². The Bertz CT molecular complexity index is 58.4. The second-order valence-electron chi connectivity index (χ2n) is 2.53. The molecule has 9 heavy (non-hydrogen) atoms. The van der Waals surface area contributed by atoms with Gasteiger partial charge >= 0.3 is 0 Å². The maximum Gasteiger partial charge on any atom is -0.0231 e. The van der Waals surface area contributed by atoms with Crippen molar-refractivity contribution in [3.63, 3.8) is 0 Å². The second kappa shape index (κ2) is 5.87. The van der Waals surface area contributed by atoms with Crippen LogP contribution in [0.1, 0.15) is 39.5 Å². The van der Waals surface area contributed by atoms with Gasteiger partial charge < -0.3 is 0 Å². The molecule has 1 radical (unpaired) electrons. The predicted octanol–water partition coefficient (Wildman–Crippen LogP) is 3.19. The molecular weight excluding hydrogens is 108 g/mol. The van der Waals surface area contributed by atoms with Crippen LogP contribution in [0.25, 0.3) is 0 Å². The fourth-order valence-electron chi connectivity index (χ4n) is 1.08. The zero-order valence-electron chi connectivity index (χ0n) is 6.56. The normalized spacial score (nSPS) is 10.1. The lowest BCUT2D eigenvalue weighted by Gasteiger charge is -2.07. The molecule has 0 saturated heterocycles. The summed E-state index contributed by atoms with van der Waals surface area (Å²) in [6.07, 6.45) is 6.85. The highest BCUT2D eigenvalue weighted by Crippen LogP contribution is 2.13. The Morgan fingerprint density at radius 3 is 1.89 bits per heavy atom. The first-order valence-electron chi connectivity index (χ1n) is 3.90. The van der Waals surface area contributed by atoms with Crippen LogP contribution in [0.4, 0.5) is 0 Å². The van der Waals surface area contributed by atoms with Crippen LogP contribution in [0.15, 0.2) is 6.08 Å². The Hall–Kier alpha value is -0.260. The summed E-state index contributed by atoms with van der Waals surface area (Å²) < 4.78 is 0. The quantitative estimate of drug-likeness (QED) is 0.529. The van der Waals surface area contributed by atoms with Crippen molar-refractivity contribution < 1.29 is 0 Å². The molecule has 0 atom stereocenters. The summed E-state index contributed by atoms with van der Waals surface area (Å²) in [5.41, 5.74) is 0. The van der Waals surface area contributed by atoms with Crippen LogP contribution in [-0.2, 0) is 0 Å². The number of hydrogen-bond acceptors (Lipinski definition) is 0. The highest BCUT2D eigenvalue weighted by Gasteiger charge is 1.98. The van der Waals surface area contributed by atoms with Crippen LogP contribution in [0.2, 0.25) is 0 Å². The molecule has 0 fully saturated rings. The van der Waals surface area contributed by atoms with E-state index in [2.05, 4.69) is 13.8 Å². The van der Waals surface area contributed by atoms with Gasteiger partial charge in [-0.3, -0.25) is 0 Å². The summed E-state index contributed by atoms with van der Waals surface area (Å²) in [4.78, 5) is 0. The van der Waals surface area contributed by atoms with Gasteiger partial charge in [0.05, 0.1) is 0 Å². The number of hydrogen-bond donors (Lipinski definition) is 0. The van der Waals surface area contributed by atoms with Gasteiger partial charge in [0.25, 0.3) is 0 Å². The minimum Gasteiger partial charge on any atom is -0.0814 e. The van der Waals surface area contributed by atoms with Gasteiger partial charge in [-0.2, -0.15) is 0 Å². The van der Waals surface area contributed by atoms with E-state index in [0.717, 1.165) is 0 Å². The zero-order chi connectivity index (χ0) is 7.11. The molecule has 0 aromatic carbocycles. The highest BCUT2D eigenvalue weighted by atomic mass is 14.0. The van der Waals surface area contributed by atoms with E-state index in [0.29, 0.717) is 5.92 Å². The molecule has 0 unspecified atom stereocenters. The van der Waals surface area contributed by atoms with Gasteiger partial charge in [-0.25, -0.2) is 0 Å². The van der Waals surface area contributed by atoms with Gasteiger partial charge in [-0.1, -0.05) is 39.3 Å². The number of allylic oxidation sites excluding steroid dienone is 1. The molecule has 0 heteroatoms. The van der Waals surface area contributed by atoms with Gasteiger partial charge in [-0.15, -0.1) is 0 Å². The second-order valence-corrected chi connectivity index (χ2v) is 2.53. The van der Waals surface area contributed by atoms with E-state index in [1.54, 1.807) is 0 Å². The van der Waals surface area contributed by atoms with Crippen molar-refractivity contribution in [1.29, 1.82) is 0 Å². The van der Waals surface area contributed by atoms with E-state index in [-0.39, 0.29) is 0 Å². The summed E-state index contributed by atoms with van der Waals surface area (Å²) in [6.45, 7) is 9.82. The van der Waals surface area contributed by atoms with E-state index in [4.69, 9.17) is 6.58 Å². The molecule has 0 bridgehead atoms. The zero-order valence-corrected chi connectivity index (χ0v) is 6.56. The Kier molecular flexibility index (Phi) is 5.70. The van der Waals surface area contributed by atoms with E-state index in [9.17, 15) is 0 Å². The van der Waals surface area contributed by atoms with Crippen molar-refractivity contribution in [3.8, 4) is 0 Å². The van der Waals surface area contributed by atoms with Crippen molar-refractivity contribution in [2.45, 2.75) is 39.5 Å². The molecule has 0 amide bonds. The lowest BCUT2D eigenvalue weighted by atomic mass is 9.99. The van der Waals surface area contributed by atoms with Gasteiger partial charge in [0.15, 0.2) is 0 Å². The van der Waals surface area contributed by atoms with E-state index in [1.807, 2.05) is 6.08 Å². The maximum absolute atomic E-state index is 5.42. The minimum atomic E-state index is 0.667. The molecule has 0 spiro atoms. The molecule has 0 aromatic rings. The first kappa shape index (κ1) is 8.74. The molecule has 0 nitrogen and oxygen atoms in total. The van der Waals surface area contributed by atoms with Crippen molar-refractivity contribution >= 4 is 0 Å². The molecular formula is C9H17.